The zero-order valence-electron chi connectivity index (χ0n) is 8.80. The molecule has 0 saturated carbocycles. The van der Waals surface area contributed by atoms with Crippen LogP contribution in [0.2, 0.25) is 10.2 Å². The van der Waals surface area contributed by atoms with Crippen LogP contribution in [0.25, 0.3) is 0 Å². The maximum atomic E-state index is 13.1. The van der Waals surface area contributed by atoms with Gasteiger partial charge in [0.15, 0.2) is 5.82 Å². The second-order valence-corrected chi connectivity index (χ2v) is 3.83. The van der Waals surface area contributed by atoms with Crippen molar-refractivity contribution >= 4 is 35.1 Å². The summed E-state index contributed by atoms with van der Waals surface area (Å²) >= 11 is 11.1. The smallest absolute Gasteiger partial charge is 0.350 e. The highest BCUT2D eigenvalue weighted by Crippen LogP contribution is 2.25. The van der Waals surface area contributed by atoms with E-state index >= 15 is 0 Å². The summed E-state index contributed by atoms with van der Waals surface area (Å²) in [6, 6.07) is 0. The summed E-state index contributed by atoms with van der Waals surface area (Å²) in [5, 5.41) is -0.829. The van der Waals surface area contributed by atoms with Crippen LogP contribution in [0.4, 0.5) is 4.39 Å². The molecule has 17 heavy (non-hydrogen) atoms. The Morgan fingerprint density at radius 3 is 2.71 bits per heavy atom. The number of esters is 2. The molecule has 1 rings (SSSR count). The molecular formula is C10H8Cl2FNO3. The van der Waals surface area contributed by atoms with Crippen LogP contribution >= 0.6 is 23.2 Å². The molecule has 0 amide bonds. The van der Waals surface area contributed by atoms with E-state index in [1.165, 1.54) is 0 Å². The van der Waals surface area contributed by atoms with E-state index in [0.717, 1.165) is 6.20 Å². The van der Waals surface area contributed by atoms with Crippen molar-refractivity contribution in [2.24, 2.45) is 0 Å². The van der Waals surface area contributed by atoms with Crippen LogP contribution in [-0.2, 0) is 9.53 Å². The highest BCUT2D eigenvalue weighted by Gasteiger charge is 2.22. The maximum absolute atomic E-state index is 13.1. The third-order valence-corrected chi connectivity index (χ3v) is 2.45. The van der Waals surface area contributed by atoms with Crippen molar-refractivity contribution in [2.45, 2.75) is 19.8 Å². The van der Waals surface area contributed by atoms with Gasteiger partial charge in [0.2, 0.25) is 0 Å². The van der Waals surface area contributed by atoms with Crippen LogP contribution in [0.1, 0.15) is 30.1 Å². The van der Waals surface area contributed by atoms with Crippen molar-refractivity contribution in [3.8, 4) is 0 Å². The third-order valence-electron chi connectivity index (χ3n) is 1.79. The van der Waals surface area contributed by atoms with Gasteiger partial charge in [-0.1, -0.05) is 30.1 Å². The summed E-state index contributed by atoms with van der Waals surface area (Å²) in [6.07, 6.45) is 1.37. The molecule has 1 heterocycles. The fourth-order valence-electron chi connectivity index (χ4n) is 1.03. The van der Waals surface area contributed by atoms with Gasteiger partial charge in [-0.15, -0.1) is 0 Å². The molecule has 0 bridgehead atoms. The number of carbonyl (C=O) groups is 2. The number of halogens is 3. The third kappa shape index (κ3) is 3.38. The molecule has 0 radical (unpaired) electrons. The highest BCUT2D eigenvalue weighted by atomic mass is 35.5. The lowest BCUT2D eigenvalue weighted by Gasteiger charge is -2.05. The molecule has 0 unspecified atom stereocenters. The zero-order valence-corrected chi connectivity index (χ0v) is 10.3. The number of hydrogen-bond acceptors (Lipinski definition) is 4. The van der Waals surface area contributed by atoms with Crippen LogP contribution in [0, 0.1) is 5.82 Å². The largest absolute Gasteiger partial charge is 0.389 e. The number of pyridine rings is 1. The fraction of sp³-hybridized carbons (Fsp3) is 0.300. The minimum absolute atomic E-state index is 0.0731. The Balaban J connectivity index is 2.97. The van der Waals surface area contributed by atoms with Crippen LogP contribution < -0.4 is 0 Å². The average molecular weight is 280 g/mol. The van der Waals surface area contributed by atoms with E-state index in [0.29, 0.717) is 6.42 Å². The number of hydrogen-bond donors (Lipinski definition) is 0. The van der Waals surface area contributed by atoms with Gasteiger partial charge in [-0.2, -0.15) is 0 Å². The van der Waals surface area contributed by atoms with E-state index in [1.807, 2.05) is 0 Å². The summed E-state index contributed by atoms with van der Waals surface area (Å²) < 4.78 is 17.5. The number of aromatic nitrogens is 1. The normalized spacial score (nSPS) is 10.1. The van der Waals surface area contributed by atoms with E-state index in [9.17, 15) is 14.0 Å². The lowest BCUT2D eigenvalue weighted by Crippen LogP contribution is -2.14. The van der Waals surface area contributed by atoms with Crippen molar-refractivity contribution in [3.63, 3.8) is 0 Å². The Labute approximate surface area is 107 Å². The van der Waals surface area contributed by atoms with Crippen molar-refractivity contribution in [1.29, 1.82) is 0 Å². The van der Waals surface area contributed by atoms with Crippen molar-refractivity contribution < 1.29 is 18.7 Å². The Morgan fingerprint density at radius 2 is 2.12 bits per heavy atom. The van der Waals surface area contributed by atoms with Gasteiger partial charge in [0, 0.05) is 6.42 Å². The van der Waals surface area contributed by atoms with Gasteiger partial charge in [0.05, 0.1) is 11.2 Å². The fourth-order valence-corrected chi connectivity index (χ4v) is 1.51. The summed E-state index contributed by atoms with van der Waals surface area (Å²) in [7, 11) is 0. The van der Waals surface area contributed by atoms with Gasteiger partial charge in [-0.3, -0.25) is 4.79 Å². The minimum atomic E-state index is -1.11. The first-order chi connectivity index (χ1) is 7.97. The second-order valence-electron chi connectivity index (χ2n) is 3.10. The van der Waals surface area contributed by atoms with Gasteiger partial charge < -0.3 is 4.74 Å². The molecule has 0 aliphatic rings. The second kappa shape index (κ2) is 5.93. The molecule has 1 aromatic heterocycles. The summed E-state index contributed by atoms with van der Waals surface area (Å²) in [5.41, 5.74) is -0.446. The Bertz CT molecular complexity index is 465. The van der Waals surface area contributed by atoms with Crippen molar-refractivity contribution in [3.05, 3.63) is 27.8 Å². The van der Waals surface area contributed by atoms with Crippen LogP contribution in [0.3, 0.4) is 0 Å². The molecule has 0 spiro atoms. The first-order valence-electron chi connectivity index (χ1n) is 4.71. The van der Waals surface area contributed by atoms with Gasteiger partial charge in [0.25, 0.3) is 0 Å². The Kier molecular flexibility index (Phi) is 4.84. The van der Waals surface area contributed by atoms with Crippen LogP contribution in [-0.4, -0.2) is 16.9 Å². The van der Waals surface area contributed by atoms with E-state index in [4.69, 9.17) is 23.2 Å². The first kappa shape index (κ1) is 13.9. The van der Waals surface area contributed by atoms with E-state index < -0.39 is 28.3 Å². The molecule has 0 aliphatic heterocycles. The SMILES string of the molecule is CCCC(=O)OC(=O)c1c(Cl)ncc(F)c1Cl. The van der Waals surface area contributed by atoms with Gasteiger partial charge in [0.1, 0.15) is 10.7 Å². The lowest BCUT2D eigenvalue weighted by atomic mass is 10.3. The monoisotopic (exact) mass is 279 g/mol. The molecule has 0 aromatic carbocycles. The molecular weight excluding hydrogens is 272 g/mol. The van der Waals surface area contributed by atoms with Crippen molar-refractivity contribution in [1.82, 2.24) is 4.98 Å². The van der Waals surface area contributed by atoms with E-state index in [2.05, 4.69) is 9.72 Å². The predicted octanol–water partition coefficient (Wildman–Crippen LogP) is 3.01. The quantitative estimate of drug-likeness (QED) is 0.485. The number of nitrogens with zero attached hydrogens (tertiary/aromatic N) is 1. The van der Waals surface area contributed by atoms with Crippen LogP contribution in [0.5, 0.6) is 0 Å². The highest BCUT2D eigenvalue weighted by molar-refractivity contribution is 6.38. The van der Waals surface area contributed by atoms with E-state index in [1.54, 1.807) is 6.92 Å². The topological polar surface area (TPSA) is 56.3 Å². The molecule has 0 N–H and O–H groups in total. The minimum Gasteiger partial charge on any atom is -0.389 e. The molecule has 0 aliphatic carbocycles. The average Bonchev–Trinajstić information content (AvgIpc) is 2.24. The molecule has 1 aromatic rings. The Morgan fingerprint density at radius 1 is 1.47 bits per heavy atom. The zero-order chi connectivity index (χ0) is 13.0. The first-order valence-corrected chi connectivity index (χ1v) is 5.47. The predicted molar refractivity (Wildman–Crippen MR) is 59.5 cm³/mol. The van der Waals surface area contributed by atoms with Gasteiger partial charge in [-0.25, -0.2) is 14.2 Å². The number of carbonyl (C=O) groups excluding carboxylic acids is 2. The summed E-state index contributed by atoms with van der Waals surface area (Å²) in [6.45, 7) is 1.75. The van der Waals surface area contributed by atoms with Crippen molar-refractivity contribution in [2.75, 3.05) is 0 Å². The van der Waals surface area contributed by atoms with Gasteiger partial charge in [-0.05, 0) is 6.42 Å². The molecule has 4 nitrogen and oxygen atoms in total. The summed E-state index contributed by atoms with van der Waals surface area (Å²) in [4.78, 5) is 26.0. The number of ether oxygens (including phenoxy) is 1. The molecule has 7 heteroatoms. The molecule has 0 fully saturated rings. The van der Waals surface area contributed by atoms with E-state index in [-0.39, 0.29) is 11.6 Å². The van der Waals surface area contributed by atoms with Gasteiger partial charge >= 0.3 is 11.9 Å². The standard InChI is InChI=1S/C10H8Cl2FNO3/c1-2-3-6(15)17-10(16)7-8(11)5(13)4-14-9(7)12/h4H,2-3H2,1H3. The Hall–Kier alpha value is -1.20. The summed E-state index contributed by atoms with van der Waals surface area (Å²) in [5.74, 6) is -2.75. The maximum Gasteiger partial charge on any atom is 0.350 e. The molecule has 0 saturated heterocycles. The molecule has 0 atom stereocenters. The lowest BCUT2D eigenvalue weighted by molar-refractivity contribution is -0.137. The number of rotatable bonds is 3. The molecule has 92 valence electrons. The van der Waals surface area contributed by atoms with Crippen LogP contribution in [0.15, 0.2) is 6.20 Å².